The van der Waals surface area contributed by atoms with Crippen LogP contribution in [0, 0.1) is 0 Å². The van der Waals surface area contributed by atoms with E-state index in [0.717, 1.165) is 11.8 Å². The molecule has 0 unspecified atom stereocenters. The Morgan fingerprint density at radius 2 is 1.44 bits per heavy atom. The number of rotatable bonds is 2. The molecule has 0 aliphatic rings. The van der Waals surface area contributed by atoms with Crippen LogP contribution in [0.15, 0.2) is 30.3 Å². The SMILES string of the molecule is O=Cc1ccc(-c2c(Cl)cc(Cl)c(Cl)c2Cl)cc1. The standard InChI is InChI=1S/C13H6Cl4O/c14-9-5-10(15)12(16)13(17)11(9)8-3-1-7(6-18)2-4-8/h1-6H. The third kappa shape index (κ3) is 2.50. The van der Waals surface area contributed by atoms with E-state index in [4.69, 9.17) is 46.4 Å². The first-order valence-corrected chi connectivity index (χ1v) is 6.44. The van der Waals surface area contributed by atoms with Crippen LogP contribution in [0.4, 0.5) is 0 Å². The molecule has 0 radical (unpaired) electrons. The minimum Gasteiger partial charge on any atom is -0.298 e. The first-order chi connectivity index (χ1) is 8.54. The van der Waals surface area contributed by atoms with E-state index in [9.17, 15) is 4.79 Å². The lowest BCUT2D eigenvalue weighted by Crippen LogP contribution is -1.86. The summed E-state index contributed by atoms with van der Waals surface area (Å²) in [5.41, 5.74) is 1.95. The predicted molar refractivity (Wildman–Crippen MR) is 77.3 cm³/mol. The summed E-state index contributed by atoms with van der Waals surface area (Å²) in [7, 11) is 0. The third-order valence-corrected chi connectivity index (χ3v) is 4.01. The zero-order chi connectivity index (χ0) is 13.3. The van der Waals surface area contributed by atoms with Crippen LogP contribution in [-0.2, 0) is 0 Å². The molecule has 0 saturated heterocycles. The summed E-state index contributed by atoms with van der Waals surface area (Å²) in [4.78, 5) is 10.6. The highest BCUT2D eigenvalue weighted by atomic mass is 35.5. The monoisotopic (exact) mass is 318 g/mol. The molecule has 0 bridgehead atoms. The van der Waals surface area contributed by atoms with Crippen LogP contribution < -0.4 is 0 Å². The van der Waals surface area contributed by atoms with E-state index in [1.165, 1.54) is 0 Å². The molecule has 0 atom stereocenters. The van der Waals surface area contributed by atoms with E-state index in [-0.39, 0.29) is 5.02 Å². The second-order valence-electron chi connectivity index (χ2n) is 3.58. The highest BCUT2D eigenvalue weighted by Crippen LogP contribution is 2.42. The summed E-state index contributed by atoms with van der Waals surface area (Å²) >= 11 is 24.1. The smallest absolute Gasteiger partial charge is 0.150 e. The first kappa shape index (κ1) is 13.7. The molecule has 5 heteroatoms. The van der Waals surface area contributed by atoms with Crippen molar-refractivity contribution in [2.45, 2.75) is 0 Å². The Balaban J connectivity index is 2.63. The molecule has 2 aromatic carbocycles. The second kappa shape index (κ2) is 5.50. The van der Waals surface area contributed by atoms with Gasteiger partial charge in [0.15, 0.2) is 0 Å². The molecule has 92 valence electrons. The van der Waals surface area contributed by atoms with E-state index in [0.29, 0.717) is 26.2 Å². The number of benzene rings is 2. The van der Waals surface area contributed by atoms with E-state index in [1.807, 2.05) is 0 Å². The zero-order valence-electron chi connectivity index (χ0n) is 8.88. The van der Waals surface area contributed by atoms with Gasteiger partial charge in [0.2, 0.25) is 0 Å². The van der Waals surface area contributed by atoms with Gasteiger partial charge in [-0.05, 0) is 11.6 Å². The Bertz CT molecular complexity index is 605. The van der Waals surface area contributed by atoms with Gasteiger partial charge in [-0.2, -0.15) is 0 Å². The molecule has 0 aromatic heterocycles. The lowest BCUT2D eigenvalue weighted by Gasteiger charge is -2.10. The van der Waals surface area contributed by atoms with E-state index in [2.05, 4.69) is 0 Å². The van der Waals surface area contributed by atoms with Crippen molar-refractivity contribution in [2.24, 2.45) is 0 Å². The van der Waals surface area contributed by atoms with Gasteiger partial charge < -0.3 is 0 Å². The summed E-state index contributed by atoms with van der Waals surface area (Å²) in [6.45, 7) is 0. The lowest BCUT2D eigenvalue weighted by molar-refractivity contribution is 0.112. The molecular weight excluding hydrogens is 314 g/mol. The van der Waals surface area contributed by atoms with Crippen LogP contribution >= 0.6 is 46.4 Å². The fourth-order valence-electron chi connectivity index (χ4n) is 1.56. The maximum absolute atomic E-state index is 10.6. The van der Waals surface area contributed by atoms with Crippen LogP contribution in [-0.4, -0.2) is 6.29 Å². The highest BCUT2D eigenvalue weighted by Gasteiger charge is 2.15. The molecule has 0 aliphatic heterocycles. The van der Waals surface area contributed by atoms with Gasteiger partial charge in [-0.15, -0.1) is 0 Å². The van der Waals surface area contributed by atoms with Gasteiger partial charge in [0.1, 0.15) is 6.29 Å². The number of carbonyl (C=O) groups excluding carboxylic acids is 1. The number of hydrogen-bond donors (Lipinski definition) is 0. The molecule has 0 heterocycles. The average molecular weight is 320 g/mol. The van der Waals surface area contributed by atoms with Gasteiger partial charge in [0.25, 0.3) is 0 Å². The van der Waals surface area contributed by atoms with Gasteiger partial charge in [-0.3, -0.25) is 4.79 Å². The van der Waals surface area contributed by atoms with Crippen LogP contribution in [0.5, 0.6) is 0 Å². The van der Waals surface area contributed by atoms with Crippen molar-refractivity contribution in [2.75, 3.05) is 0 Å². The van der Waals surface area contributed by atoms with Crippen molar-refractivity contribution in [3.8, 4) is 11.1 Å². The molecule has 0 N–H and O–H groups in total. The lowest BCUT2D eigenvalue weighted by atomic mass is 10.0. The van der Waals surface area contributed by atoms with Crippen LogP contribution in [0.1, 0.15) is 10.4 Å². The Morgan fingerprint density at radius 3 is 2.00 bits per heavy atom. The molecule has 0 fully saturated rings. The second-order valence-corrected chi connectivity index (χ2v) is 5.15. The summed E-state index contributed by atoms with van der Waals surface area (Å²) in [6.07, 6.45) is 0.766. The molecule has 0 aliphatic carbocycles. The Hall–Kier alpha value is -0.730. The van der Waals surface area contributed by atoms with Crippen molar-refractivity contribution in [3.63, 3.8) is 0 Å². The predicted octanol–water partition coefficient (Wildman–Crippen LogP) is 5.78. The maximum atomic E-state index is 10.6. The average Bonchev–Trinajstić information content (AvgIpc) is 2.37. The van der Waals surface area contributed by atoms with Gasteiger partial charge in [0, 0.05) is 11.1 Å². The van der Waals surface area contributed by atoms with Crippen molar-refractivity contribution in [1.82, 2.24) is 0 Å². The molecule has 0 saturated carbocycles. The fourth-order valence-corrected chi connectivity index (χ4v) is 2.69. The molecular formula is C13H6Cl4O. The number of halogens is 4. The number of hydrogen-bond acceptors (Lipinski definition) is 1. The summed E-state index contributed by atoms with van der Waals surface area (Å²) in [6, 6.07) is 8.40. The molecule has 18 heavy (non-hydrogen) atoms. The van der Waals surface area contributed by atoms with Crippen LogP contribution in [0.2, 0.25) is 20.1 Å². The minimum atomic E-state index is 0.261. The minimum absolute atomic E-state index is 0.261. The normalized spacial score (nSPS) is 10.4. The number of aldehydes is 1. The molecule has 2 aromatic rings. The topological polar surface area (TPSA) is 17.1 Å². The molecule has 1 nitrogen and oxygen atoms in total. The summed E-state index contributed by atoms with van der Waals surface area (Å²) < 4.78 is 0. The molecule has 0 amide bonds. The largest absolute Gasteiger partial charge is 0.298 e. The Labute approximate surface area is 124 Å². The number of carbonyl (C=O) groups is 1. The van der Waals surface area contributed by atoms with E-state index < -0.39 is 0 Å². The van der Waals surface area contributed by atoms with Gasteiger partial charge in [-0.25, -0.2) is 0 Å². The van der Waals surface area contributed by atoms with Crippen LogP contribution in [0.25, 0.3) is 11.1 Å². The van der Waals surface area contributed by atoms with E-state index in [1.54, 1.807) is 30.3 Å². The van der Waals surface area contributed by atoms with Crippen molar-refractivity contribution in [3.05, 3.63) is 56.0 Å². The zero-order valence-corrected chi connectivity index (χ0v) is 11.9. The van der Waals surface area contributed by atoms with Gasteiger partial charge >= 0.3 is 0 Å². The van der Waals surface area contributed by atoms with Gasteiger partial charge in [0.05, 0.1) is 20.1 Å². The third-order valence-electron chi connectivity index (χ3n) is 2.45. The fraction of sp³-hybridized carbons (Fsp3) is 0. The summed E-state index contributed by atoms with van der Waals surface area (Å²) in [5, 5.41) is 1.28. The Morgan fingerprint density at radius 1 is 0.833 bits per heavy atom. The maximum Gasteiger partial charge on any atom is 0.150 e. The van der Waals surface area contributed by atoms with E-state index >= 15 is 0 Å². The Kier molecular flexibility index (Phi) is 4.18. The van der Waals surface area contributed by atoms with Crippen molar-refractivity contribution < 1.29 is 4.79 Å². The van der Waals surface area contributed by atoms with Gasteiger partial charge in [-0.1, -0.05) is 70.7 Å². The highest BCUT2D eigenvalue weighted by molar-refractivity contribution is 6.51. The van der Waals surface area contributed by atoms with Crippen LogP contribution in [0.3, 0.4) is 0 Å². The first-order valence-electron chi connectivity index (χ1n) is 4.93. The summed E-state index contributed by atoms with van der Waals surface area (Å²) in [5.74, 6) is 0. The quantitative estimate of drug-likeness (QED) is 0.389. The molecule has 2 rings (SSSR count). The van der Waals surface area contributed by atoms with Crippen molar-refractivity contribution in [1.29, 1.82) is 0 Å². The van der Waals surface area contributed by atoms with Crippen molar-refractivity contribution >= 4 is 52.7 Å². The molecule has 0 spiro atoms.